The Morgan fingerprint density at radius 2 is 2.00 bits per heavy atom. The number of nitrogens with two attached hydrogens (primary N) is 1. The molecule has 0 radical (unpaired) electrons. The van der Waals surface area contributed by atoms with Crippen LogP contribution in [0, 0.1) is 11.3 Å². The van der Waals surface area contributed by atoms with E-state index in [4.69, 9.17) is 22.6 Å². The van der Waals surface area contributed by atoms with Crippen LogP contribution < -0.4 is 5.73 Å². The van der Waals surface area contributed by atoms with Crippen LogP contribution in [0.2, 0.25) is 5.02 Å². The molecule has 0 aliphatic carbocycles. The lowest BCUT2D eigenvalue weighted by Crippen LogP contribution is -2.04. The number of aromatic amines is 1. The molecule has 0 amide bonds. The van der Waals surface area contributed by atoms with Crippen molar-refractivity contribution in [2.24, 2.45) is 0 Å². The minimum absolute atomic E-state index is 0.226. The summed E-state index contributed by atoms with van der Waals surface area (Å²) in [4.78, 5) is 15.7. The summed E-state index contributed by atoms with van der Waals surface area (Å²) in [7, 11) is 0. The van der Waals surface area contributed by atoms with E-state index in [9.17, 15) is 4.79 Å². The predicted molar refractivity (Wildman–Crippen MR) is 82.3 cm³/mol. The number of nitrogen functional groups attached to an aromatic ring is 1. The van der Waals surface area contributed by atoms with Gasteiger partial charge in [-0.25, -0.2) is 0 Å². The number of halogens is 1. The molecule has 3 aromatic rings. The molecule has 4 nitrogen and oxygen atoms in total. The summed E-state index contributed by atoms with van der Waals surface area (Å²) in [5.74, 6) is -0.226. The number of fused-ring (bicyclic) bond motifs is 1. The first-order chi connectivity index (χ1) is 10.1. The second-order valence-corrected chi connectivity index (χ2v) is 5.07. The molecule has 0 fully saturated rings. The molecule has 1 aromatic heterocycles. The summed E-state index contributed by atoms with van der Waals surface area (Å²) >= 11 is 5.93. The fourth-order valence-electron chi connectivity index (χ4n) is 2.25. The monoisotopic (exact) mass is 295 g/mol. The number of carbonyl (C=O) groups excluding carboxylic acids is 1. The Bertz CT molecular complexity index is 906. The summed E-state index contributed by atoms with van der Waals surface area (Å²) in [6.45, 7) is 0. The van der Waals surface area contributed by atoms with Crippen molar-refractivity contribution in [3.63, 3.8) is 0 Å². The maximum Gasteiger partial charge on any atom is 0.197 e. The van der Waals surface area contributed by atoms with E-state index in [-0.39, 0.29) is 5.78 Å². The number of carbonyl (C=O) groups is 1. The smallest absolute Gasteiger partial charge is 0.197 e. The quantitative estimate of drug-likeness (QED) is 0.560. The van der Waals surface area contributed by atoms with Crippen molar-refractivity contribution in [2.75, 3.05) is 5.73 Å². The highest BCUT2D eigenvalue weighted by atomic mass is 35.5. The zero-order valence-corrected chi connectivity index (χ0v) is 11.6. The molecule has 0 unspecified atom stereocenters. The van der Waals surface area contributed by atoms with E-state index in [2.05, 4.69) is 11.1 Å². The third kappa shape index (κ3) is 2.24. The number of ketones is 1. The van der Waals surface area contributed by atoms with E-state index in [1.807, 2.05) is 0 Å². The first-order valence-electron chi connectivity index (χ1n) is 6.21. The van der Waals surface area contributed by atoms with Gasteiger partial charge in [0.2, 0.25) is 0 Å². The predicted octanol–water partition coefficient (Wildman–Crippen LogP) is 3.51. The van der Waals surface area contributed by atoms with Crippen molar-refractivity contribution in [2.45, 2.75) is 0 Å². The Kier molecular flexibility index (Phi) is 3.13. The van der Waals surface area contributed by atoms with Crippen molar-refractivity contribution in [3.05, 3.63) is 64.3 Å². The Balaban J connectivity index is 2.18. The zero-order valence-electron chi connectivity index (χ0n) is 10.9. The van der Waals surface area contributed by atoms with E-state index in [1.165, 1.54) is 0 Å². The molecule has 0 atom stereocenters. The van der Waals surface area contributed by atoms with Gasteiger partial charge < -0.3 is 10.7 Å². The molecule has 0 saturated carbocycles. The first kappa shape index (κ1) is 13.2. The van der Waals surface area contributed by atoms with Crippen LogP contribution in [0.15, 0.2) is 42.6 Å². The molecule has 0 spiro atoms. The lowest BCUT2D eigenvalue weighted by atomic mass is 10.0. The maximum absolute atomic E-state index is 12.7. The summed E-state index contributed by atoms with van der Waals surface area (Å²) in [6, 6.07) is 12.0. The molecule has 102 valence electrons. The number of nitriles is 1. The third-order valence-corrected chi connectivity index (χ3v) is 3.55. The van der Waals surface area contributed by atoms with Crippen LogP contribution in [0.3, 0.4) is 0 Å². The van der Waals surface area contributed by atoms with Crippen LogP contribution in [0.5, 0.6) is 0 Å². The van der Waals surface area contributed by atoms with Gasteiger partial charge in [0.1, 0.15) is 0 Å². The number of rotatable bonds is 2. The van der Waals surface area contributed by atoms with E-state index >= 15 is 0 Å². The molecular weight excluding hydrogens is 286 g/mol. The van der Waals surface area contributed by atoms with Crippen molar-refractivity contribution in [3.8, 4) is 6.07 Å². The van der Waals surface area contributed by atoms with Gasteiger partial charge in [-0.05, 0) is 36.4 Å². The minimum atomic E-state index is -0.226. The van der Waals surface area contributed by atoms with Gasteiger partial charge in [0.05, 0.1) is 11.6 Å². The number of aromatic nitrogens is 1. The standard InChI is InChI=1S/C16H10ClN3O/c17-10-2-3-14(19)12(6-10)16(21)13-8-20-15-4-1-9(7-18)5-11(13)15/h1-6,8,20H,19H2. The van der Waals surface area contributed by atoms with Gasteiger partial charge in [-0.3, -0.25) is 4.79 Å². The van der Waals surface area contributed by atoms with Crippen LogP contribution in [0.1, 0.15) is 21.5 Å². The molecular formula is C16H10ClN3O. The average molecular weight is 296 g/mol. The van der Waals surface area contributed by atoms with E-state index in [1.54, 1.807) is 42.6 Å². The van der Waals surface area contributed by atoms with E-state index < -0.39 is 0 Å². The number of nitrogens with zero attached hydrogens (tertiary/aromatic N) is 1. The Hall–Kier alpha value is -2.77. The Morgan fingerprint density at radius 1 is 1.19 bits per heavy atom. The maximum atomic E-state index is 12.7. The lowest BCUT2D eigenvalue weighted by molar-refractivity contribution is 0.104. The summed E-state index contributed by atoms with van der Waals surface area (Å²) < 4.78 is 0. The normalized spacial score (nSPS) is 10.5. The van der Waals surface area contributed by atoms with Crippen molar-refractivity contribution in [1.29, 1.82) is 5.26 Å². The van der Waals surface area contributed by atoms with Crippen molar-refractivity contribution in [1.82, 2.24) is 4.98 Å². The SMILES string of the molecule is N#Cc1ccc2[nH]cc(C(=O)c3cc(Cl)ccc3N)c2c1. The van der Waals surface area contributed by atoms with Gasteiger partial charge in [0.25, 0.3) is 0 Å². The van der Waals surface area contributed by atoms with Gasteiger partial charge in [0.15, 0.2) is 5.78 Å². The lowest BCUT2D eigenvalue weighted by Gasteiger charge is -2.04. The van der Waals surface area contributed by atoms with Gasteiger partial charge >= 0.3 is 0 Å². The van der Waals surface area contributed by atoms with Gasteiger partial charge in [0, 0.05) is 38.9 Å². The zero-order chi connectivity index (χ0) is 15.0. The van der Waals surface area contributed by atoms with Crippen LogP contribution in [0.4, 0.5) is 5.69 Å². The molecule has 0 saturated heterocycles. The number of benzene rings is 2. The van der Waals surface area contributed by atoms with Crippen molar-refractivity contribution >= 4 is 34.0 Å². The molecule has 0 aliphatic heterocycles. The van der Waals surface area contributed by atoms with Crippen LogP contribution >= 0.6 is 11.6 Å². The van der Waals surface area contributed by atoms with Crippen LogP contribution in [-0.4, -0.2) is 10.8 Å². The number of nitrogens with one attached hydrogen (secondary N) is 1. The van der Waals surface area contributed by atoms with Crippen LogP contribution in [-0.2, 0) is 0 Å². The second kappa shape index (κ2) is 4.97. The number of hydrogen-bond acceptors (Lipinski definition) is 3. The molecule has 5 heteroatoms. The van der Waals surface area contributed by atoms with Crippen molar-refractivity contribution < 1.29 is 4.79 Å². The highest BCUT2D eigenvalue weighted by Gasteiger charge is 2.17. The second-order valence-electron chi connectivity index (χ2n) is 4.64. The molecule has 0 bridgehead atoms. The largest absolute Gasteiger partial charge is 0.398 e. The fraction of sp³-hybridized carbons (Fsp3) is 0. The summed E-state index contributed by atoms with van der Waals surface area (Å²) in [5, 5.41) is 10.1. The van der Waals surface area contributed by atoms with E-state index in [0.717, 1.165) is 5.52 Å². The minimum Gasteiger partial charge on any atom is -0.398 e. The summed E-state index contributed by atoms with van der Waals surface area (Å²) in [6.07, 6.45) is 1.62. The number of hydrogen-bond donors (Lipinski definition) is 2. The van der Waals surface area contributed by atoms with Gasteiger partial charge in [-0.15, -0.1) is 0 Å². The fourth-order valence-corrected chi connectivity index (χ4v) is 2.42. The first-order valence-corrected chi connectivity index (χ1v) is 6.59. The summed E-state index contributed by atoms with van der Waals surface area (Å²) in [5.41, 5.74) is 8.33. The van der Waals surface area contributed by atoms with Gasteiger partial charge in [-0.1, -0.05) is 11.6 Å². The number of H-pyrrole nitrogens is 1. The number of anilines is 1. The highest BCUT2D eigenvalue weighted by Crippen LogP contribution is 2.26. The molecule has 2 aromatic carbocycles. The average Bonchev–Trinajstić information content (AvgIpc) is 2.91. The molecule has 3 N–H and O–H groups in total. The molecule has 3 rings (SSSR count). The molecule has 0 aliphatic rings. The topological polar surface area (TPSA) is 82.7 Å². The van der Waals surface area contributed by atoms with Gasteiger partial charge in [-0.2, -0.15) is 5.26 Å². The third-order valence-electron chi connectivity index (χ3n) is 3.32. The Labute approximate surface area is 125 Å². The van der Waals surface area contributed by atoms with E-state index in [0.29, 0.717) is 32.8 Å². The Morgan fingerprint density at radius 3 is 2.76 bits per heavy atom. The van der Waals surface area contributed by atoms with Crippen LogP contribution in [0.25, 0.3) is 10.9 Å². The highest BCUT2D eigenvalue weighted by molar-refractivity contribution is 6.31. The molecule has 21 heavy (non-hydrogen) atoms. The molecule has 1 heterocycles.